The van der Waals surface area contributed by atoms with Crippen molar-refractivity contribution < 1.29 is 43.2 Å². The molecule has 5 aliphatic rings. The van der Waals surface area contributed by atoms with Crippen LogP contribution in [0.4, 0.5) is 0 Å². The summed E-state index contributed by atoms with van der Waals surface area (Å²) in [6, 6.07) is -4.78. The summed E-state index contributed by atoms with van der Waals surface area (Å²) in [5.74, 6) is -3.54. The highest BCUT2D eigenvalue weighted by Crippen LogP contribution is 2.65. The summed E-state index contributed by atoms with van der Waals surface area (Å²) < 4.78 is 12.7. The number of hydrogen-bond donors (Lipinski definition) is 6. The van der Waals surface area contributed by atoms with Crippen molar-refractivity contribution in [1.29, 1.82) is 0 Å². The molecule has 2 aliphatic heterocycles. The minimum absolute atomic E-state index is 0.0984. The number of primary amides is 1. The van der Waals surface area contributed by atoms with Crippen LogP contribution in [0.2, 0.25) is 0 Å². The van der Waals surface area contributed by atoms with Gasteiger partial charge < -0.3 is 46.3 Å². The van der Waals surface area contributed by atoms with E-state index < -0.39 is 84.9 Å². The van der Waals surface area contributed by atoms with Crippen molar-refractivity contribution in [3.8, 4) is 0 Å². The van der Waals surface area contributed by atoms with E-state index >= 15 is 0 Å². The average molecular weight is 761 g/mol. The van der Waals surface area contributed by atoms with E-state index in [1.54, 1.807) is 11.8 Å². The second-order valence-corrected chi connectivity index (χ2v) is 16.9. The Hall–Kier alpha value is -3.24. The fraction of sp³-hybridized carbons (Fsp3) is 0.842. The predicted molar refractivity (Wildman–Crippen MR) is 202 cm³/mol. The van der Waals surface area contributed by atoms with Crippen LogP contribution in [-0.2, 0) is 38.1 Å². The summed E-state index contributed by atoms with van der Waals surface area (Å²) in [6.45, 7) is 13.6. The molecule has 0 aromatic heterocycles. The van der Waals surface area contributed by atoms with Gasteiger partial charge in [-0.1, -0.05) is 59.3 Å². The van der Waals surface area contributed by atoms with Crippen LogP contribution in [0.15, 0.2) is 0 Å². The molecule has 2 heterocycles. The van der Waals surface area contributed by atoms with Crippen LogP contribution in [0.5, 0.6) is 0 Å². The largest absolute Gasteiger partial charge is 0.481 e. The van der Waals surface area contributed by atoms with E-state index in [1.165, 1.54) is 33.1 Å². The molecule has 2 bridgehead atoms. The van der Waals surface area contributed by atoms with Gasteiger partial charge in [0, 0.05) is 13.0 Å². The maximum Gasteiger partial charge on any atom is 0.481 e. The van der Waals surface area contributed by atoms with Crippen molar-refractivity contribution in [1.82, 2.24) is 26.2 Å². The van der Waals surface area contributed by atoms with Gasteiger partial charge in [-0.25, -0.2) is 0 Å². The first kappa shape index (κ1) is 43.5. The van der Waals surface area contributed by atoms with E-state index in [1.807, 2.05) is 0 Å². The number of aliphatic hydroxyl groups is 1. The van der Waals surface area contributed by atoms with Crippen LogP contribution < -0.4 is 27.0 Å². The summed E-state index contributed by atoms with van der Waals surface area (Å²) in [5.41, 5.74) is 5.08. The third kappa shape index (κ3) is 10.1. The Morgan fingerprint density at radius 1 is 0.889 bits per heavy atom. The molecule has 0 radical (unpaired) electrons. The second-order valence-electron chi connectivity index (χ2n) is 16.9. The summed E-state index contributed by atoms with van der Waals surface area (Å²) in [4.78, 5) is 79.8. The van der Waals surface area contributed by atoms with Crippen LogP contribution in [-0.4, -0.2) is 107 Å². The first-order valence-corrected chi connectivity index (χ1v) is 20.2. The molecule has 0 aromatic carbocycles. The van der Waals surface area contributed by atoms with Gasteiger partial charge in [0.05, 0.1) is 30.2 Å². The Morgan fingerprint density at radius 3 is 2.19 bits per heavy atom. The molecule has 5 rings (SSSR count). The smallest absolute Gasteiger partial charge is 0.404 e. The maximum atomic E-state index is 13.4. The molecule has 10 atom stereocenters. The van der Waals surface area contributed by atoms with E-state index in [0.29, 0.717) is 37.6 Å². The molecular weight excluding hydrogens is 695 g/mol. The summed E-state index contributed by atoms with van der Waals surface area (Å²) in [6.07, 6.45) is 8.93. The van der Waals surface area contributed by atoms with Gasteiger partial charge in [0.25, 0.3) is 0 Å². The van der Waals surface area contributed by atoms with Gasteiger partial charge in [-0.05, 0) is 77.0 Å². The summed E-state index contributed by atoms with van der Waals surface area (Å²) in [7, 11) is -0.727. The number of nitrogens with zero attached hydrogens (tertiary/aromatic N) is 1. The Kier molecular flexibility index (Phi) is 15.0. The average Bonchev–Trinajstić information content (AvgIpc) is 3.74. The molecule has 0 spiro atoms. The Morgan fingerprint density at radius 2 is 1.56 bits per heavy atom. The van der Waals surface area contributed by atoms with Gasteiger partial charge in [0.2, 0.25) is 35.4 Å². The number of rotatable bonds is 20. The van der Waals surface area contributed by atoms with Crippen LogP contribution in [0.25, 0.3) is 0 Å². The van der Waals surface area contributed by atoms with Crippen LogP contribution in [0, 0.1) is 17.3 Å². The zero-order chi connectivity index (χ0) is 40.0. The molecule has 0 unspecified atom stereocenters. The fourth-order valence-electron chi connectivity index (χ4n) is 8.95. The molecule has 304 valence electrons. The van der Waals surface area contributed by atoms with Gasteiger partial charge in [0.1, 0.15) is 24.2 Å². The lowest BCUT2D eigenvalue weighted by Crippen LogP contribution is -2.65. The zero-order valence-corrected chi connectivity index (χ0v) is 33.4. The molecular formula is C38H65BN6O9. The first-order chi connectivity index (χ1) is 25.4. The van der Waals surface area contributed by atoms with Gasteiger partial charge in [-0.2, -0.15) is 0 Å². The quantitative estimate of drug-likeness (QED) is 0.0784. The van der Waals surface area contributed by atoms with Crippen LogP contribution in [0.1, 0.15) is 132 Å². The SMILES string of the molecule is CCCCCCCCCC(=O)N1CCC[C@H]1C(=O)N[C@H](C(=O)N[C@@H](C)C(=O)N[C@@H](CC(N)=O)C(=O)N[C@@H](C)B1O[C@@H]2C[C@@H]3C[C@@H](C3(C)C)[C@]2(C)O1)[C@H](C)O. The Labute approximate surface area is 320 Å². The lowest BCUT2D eigenvalue weighted by Gasteiger charge is -2.64. The topological polar surface area (TPSA) is 218 Å². The summed E-state index contributed by atoms with van der Waals surface area (Å²) >= 11 is 0. The van der Waals surface area contributed by atoms with Gasteiger partial charge in [-0.15, -0.1) is 0 Å². The monoisotopic (exact) mass is 760 g/mol. The highest BCUT2D eigenvalue weighted by atomic mass is 16.7. The van der Waals surface area contributed by atoms with Crippen LogP contribution in [0.3, 0.4) is 0 Å². The van der Waals surface area contributed by atoms with Crippen LogP contribution >= 0.6 is 0 Å². The standard InChI is InChI=1S/C38H65BN6O9/c1-8-9-10-11-12-13-14-17-31(48)45-18-15-16-27(45)35(51)44-32(23(3)46)36(52)41-22(2)33(49)43-26(21-30(40)47)34(50)42-24(4)39-53-29-20-25-19-28(37(25,5)6)38(29,7)54-39/h22-29,32,46H,8-21H2,1-7H3,(H2,40,47)(H,41,52)(H,42,50)(H,43,49)(H,44,51)/t22-,23-,24-,25-,26-,27-,28-,29+,32-,38-/m0/s1. The number of aliphatic hydroxyl groups excluding tert-OH is 1. The Balaban J connectivity index is 1.27. The molecule has 54 heavy (non-hydrogen) atoms. The van der Waals surface area contributed by atoms with Crippen molar-refractivity contribution in [2.75, 3.05) is 6.54 Å². The maximum absolute atomic E-state index is 13.4. The number of carbonyl (C=O) groups is 6. The van der Waals surface area contributed by atoms with Crippen molar-refractivity contribution in [3.05, 3.63) is 0 Å². The number of hydrogen-bond acceptors (Lipinski definition) is 9. The first-order valence-electron chi connectivity index (χ1n) is 20.2. The molecule has 3 saturated carbocycles. The molecule has 16 heteroatoms. The highest BCUT2D eigenvalue weighted by Gasteiger charge is 2.68. The second kappa shape index (κ2) is 18.6. The third-order valence-electron chi connectivity index (χ3n) is 12.5. The predicted octanol–water partition coefficient (Wildman–Crippen LogP) is 1.62. The molecule has 6 amide bonds. The summed E-state index contributed by atoms with van der Waals surface area (Å²) in [5, 5.41) is 20.8. The van der Waals surface area contributed by atoms with E-state index in [2.05, 4.69) is 49.0 Å². The highest BCUT2D eigenvalue weighted by molar-refractivity contribution is 6.47. The van der Waals surface area contributed by atoms with Gasteiger partial charge in [0.15, 0.2) is 0 Å². The lowest BCUT2D eigenvalue weighted by molar-refractivity contribution is -0.199. The van der Waals surface area contributed by atoms with Gasteiger partial charge in [-0.3, -0.25) is 28.8 Å². The minimum atomic E-state index is -1.42. The molecule has 5 fully saturated rings. The molecule has 7 N–H and O–H groups in total. The molecule has 3 aliphatic carbocycles. The molecule has 0 aromatic rings. The van der Waals surface area contributed by atoms with Crippen molar-refractivity contribution in [2.24, 2.45) is 23.0 Å². The van der Waals surface area contributed by atoms with E-state index in [0.717, 1.165) is 38.5 Å². The van der Waals surface area contributed by atoms with Crippen molar-refractivity contribution in [2.45, 2.75) is 180 Å². The minimum Gasteiger partial charge on any atom is -0.404 e. The normalized spacial score (nSPS) is 28.1. The molecule has 2 saturated heterocycles. The van der Waals surface area contributed by atoms with E-state index in [9.17, 15) is 33.9 Å². The number of carbonyl (C=O) groups excluding carboxylic acids is 6. The molecule has 15 nitrogen and oxygen atoms in total. The fourth-order valence-corrected chi connectivity index (χ4v) is 8.95. The number of unbranched alkanes of at least 4 members (excludes halogenated alkanes) is 6. The number of nitrogens with two attached hydrogens (primary N) is 1. The van der Waals surface area contributed by atoms with E-state index in [4.69, 9.17) is 15.0 Å². The zero-order valence-electron chi connectivity index (χ0n) is 33.4. The van der Waals surface area contributed by atoms with Crippen molar-refractivity contribution >= 4 is 42.6 Å². The van der Waals surface area contributed by atoms with Crippen molar-refractivity contribution in [3.63, 3.8) is 0 Å². The lowest BCUT2D eigenvalue weighted by atomic mass is 9.43. The number of likely N-dealkylation sites (tertiary alicyclic amines) is 1. The van der Waals surface area contributed by atoms with E-state index in [-0.39, 0.29) is 17.4 Å². The Bertz CT molecular complexity index is 1380. The number of amides is 6. The number of nitrogens with one attached hydrogen (secondary N) is 4. The van der Waals surface area contributed by atoms with Gasteiger partial charge >= 0.3 is 7.12 Å². The third-order valence-corrected chi connectivity index (χ3v) is 12.5.